The summed E-state index contributed by atoms with van der Waals surface area (Å²) in [6.45, 7) is 8.31. The Hall–Kier alpha value is -1.92. The highest BCUT2D eigenvalue weighted by atomic mass is 19.1. The van der Waals surface area contributed by atoms with Crippen LogP contribution in [0, 0.1) is 5.82 Å². The molecule has 0 amide bonds. The summed E-state index contributed by atoms with van der Waals surface area (Å²) in [6.07, 6.45) is 1.43. The number of hydrogen-bond acceptors (Lipinski definition) is 4. The van der Waals surface area contributed by atoms with Crippen molar-refractivity contribution in [2.75, 3.05) is 0 Å². The minimum atomic E-state index is -0.395. The van der Waals surface area contributed by atoms with Crippen molar-refractivity contribution in [1.82, 2.24) is 4.98 Å². The molecule has 2 aromatic rings. The molecule has 1 aliphatic rings. The highest BCUT2D eigenvalue weighted by molar-refractivity contribution is 6.62. The van der Waals surface area contributed by atoms with Gasteiger partial charge in [0.15, 0.2) is 0 Å². The molecule has 4 nitrogen and oxygen atoms in total. The summed E-state index contributed by atoms with van der Waals surface area (Å²) in [6, 6.07) is 10.2. The number of halogens is 1. The van der Waals surface area contributed by atoms with Crippen LogP contribution in [0.25, 0.3) is 0 Å². The number of pyridine rings is 1. The first-order valence-electron chi connectivity index (χ1n) is 7.96. The van der Waals surface area contributed by atoms with E-state index in [-0.39, 0.29) is 23.6 Å². The van der Waals surface area contributed by atoms with Crippen LogP contribution >= 0.6 is 0 Å². The summed E-state index contributed by atoms with van der Waals surface area (Å²) in [4.78, 5) is 4.06. The van der Waals surface area contributed by atoms with Crippen LogP contribution in [0.3, 0.4) is 0 Å². The zero-order valence-electron chi connectivity index (χ0n) is 14.4. The highest BCUT2D eigenvalue weighted by Crippen LogP contribution is 2.36. The molecule has 0 N–H and O–H groups in total. The molecule has 1 fully saturated rings. The minimum Gasteiger partial charge on any atom is -0.487 e. The lowest BCUT2D eigenvalue weighted by Crippen LogP contribution is -2.41. The Morgan fingerprint density at radius 2 is 1.67 bits per heavy atom. The van der Waals surface area contributed by atoms with E-state index >= 15 is 0 Å². The van der Waals surface area contributed by atoms with Crippen LogP contribution in [0.15, 0.2) is 42.6 Å². The number of hydrogen-bond donors (Lipinski definition) is 0. The third kappa shape index (κ3) is 3.44. The van der Waals surface area contributed by atoms with E-state index in [2.05, 4.69) is 4.98 Å². The van der Waals surface area contributed by atoms with Crippen molar-refractivity contribution >= 4 is 12.6 Å². The molecule has 1 aromatic carbocycles. The predicted octanol–water partition coefficient (Wildman–Crippen LogP) is 3.10. The zero-order chi connectivity index (χ0) is 17.4. The topological polar surface area (TPSA) is 40.6 Å². The maximum Gasteiger partial charge on any atom is 0.494 e. The molecule has 0 atom stereocenters. The number of ether oxygens (including phenoxy) is 1. The van der Waals surface area contributed by atoms with E-state index < -0.39 is 7.12 Å². The van der Waals surface area contributed by atoms with Gasteiger partial charge in [0, 0.05) is 6.20 Å². The molecule has 1 aromatic heterocycles. The van der Waals surface area contributed by atoms with Gasteiger partial charge >= 0.3 is 7.12 Å². The molecule has 2 heterocycles. The first kappa shape index (κ1) is 16.9. The fourth-order valence-corrected chi connectivity index (χ4v) is 2.39. The second kappa shape index (κ2) is 6.18. The summed E-state index contributed by atoms with van der Waals surface area (Å²) < 4.78 is 30.8. The number of rotatable bonds is 4. The van der Waals surface area contributed by atoms with Crippen molar-refractivity contribution in [3.63, 3.8) is 0 Å². The van der Waals surface area contributed by atoms with Crippen LogP contribution in [-0.4, -0.2) is 23.3 Å². The van der Waals surface area contributed by atoms with Gasteiger partial charge in [0.25, 0.3) is 0 Å². The Balaban J connectivity index is 1.64. The molecule has 126 valence electrons. The van der Waals surface area contributed by atoms with E-state index in [0.29, 0.717) is 11.4 Å². The second-order valence-corrected chi connectivity index (χ2v) is 6.91. The standard InChI is InChI=1S/C18H21BFNO3/c1-17(2)18(3,4)24-19(23-17)13-5-7-16(8-6-13)22-12-15-11-14(20)9-10-21-15/h5-11H,12H2,1-4H3. The predicted molar refractivity (Wildman–Crippen MR) is 90.7 cm³/mol. The maximum absolute atomic E-state index is 13.1. The van der Waals surface area contributed by atoms with E-state index in [4.69, 9.17) is 14.0 Å². The highest BCUT2D eigenvalue weighted by Gasteiger charge is 2.51. The van der Waals surface area contributed by atoms with E-state index in [1.54, 1.807) is 0 Å². The van der Waals surface area contributed by atoms with E-state index in [1.807, 2.05) is 52.0 Å². The zero-order valence-corrected chi connectivity index (χ0v) is 14.4. The van der Waals surface area contributed by atoms with Crippen LogP contribution < -0.4 is 10.2 Å². The molecule has 1 aliphatic heterocycles. The van der Waals surface area contributed by atoms with Gasteiger partial charge in [0.1, 0.15) is 18.2 Å². The molecule has 0 spiro atoms. The van der Waals surface area contributed by atoms with Gasteiger partial charge in [-0.25, -0.2) is 4.39 Å². The Bertz CT molecular complexity index is 702. The van der Waals surface area contributed by atoms with E-state index in [1.165, 1.54) is 18.3 Å². The lowest BCUT2D eigenvalue weighted by Gasteiger charge is -2.32. The summed E-state index contributed by atoms with van der Waals surface area (Å²) in [5.74, 6) is 0.362. The van der Waals surface area contributed by atoms with E-state index in [0.717, 1.165) is 5.46 Å². The van der Waals surface area contributed by atoms with Crippen LogP contribution in [0.1, 0.15) is 33.4 Å². The molecule has 0 saturated carbocycles. The molecule has 3 rings (SSSR count). The number of aromatic nitrogens is 1. The quantitative estimate of drug-likeness (QED) is 0.808. The van der Waals surface area contributed by atoms with Crippen LogP contribution in [-0.2, 0) is 15.9 Å². The average molecular weight is 329 g/mol. The lowest BCUT2D eigenvalue weighted by molar-refractivity contribution is 0.00578. The summed E-state index contributed by atoms with van der Waals surface area (Å²) in [7, 11) is -0.395. The third-order valence-electron chi connectivity index (χ3n) is 4.57. The molecule has 6 heteroatoms. The fourth-order valence-electron chi connectivity index (χ4n) is 2.39. The SMILES string of the molecule is CC1(C)OB(c2ccc(OCc3cc(F)ccn3)cc2)OC1(C)C. The first-order chi connectivity index (χ1) is 11.3. The Morgan fingerprint density at radius 3 is 2.25 bits per heavy atom. The van der Waals surface area contributed by atoms with Crippen molar-refractivity contribution in [3.05, 3.63) is 54.1 Å². The van der Waals surface area contributed by atoms with Crippen LogP contribution in [0.5, 0.6) is 5.75 Å². The molecule has 0 radical (unpaired) electrons. The monoisotopic (exact) mass is 329 g/mol. The van der Waals surface area contributed by atoms with Gasteiger partial charge in [-0.3, -0.25) is 4.98 Å². The molecular formula is C18H21BFNO3. The van der Waals surface area contributed by atoms with Crippen molar-refractivity contribution in [2.24, 2.45) is 0 Å². The lowest BCUT2D eigenvalue weighted by atomic mass is 9.79. The summed E-state index contributed by atoms with van der Waals surface area (Å²) in [5.41, 5.74) is 0.751. The molecule has 0 aliphatic carbocycles. The maximum atomic E-state index is 13.1. The average Bonchev–Trinajstić information content (AvgIpc) is 2.74. The summed E-state index contributed by atoms with van der Waals surface area (Å²) >= 11 is 0. The molecule has 24 heavy (non-hydrogen) atoms. The molecular weight excluding hydrogens is 308 g/mol. The van der Waals surface area contributed by atoms with E-state index in [9.17, 15) is 4.39 Å². The largest absolute Gasteiger partial charge is 0.494 e. The first-order valence-corrected chi connectivity index (χ1v) is 7.96. The third-order valence-corrected chi connectivity index (χ3v) is 4.57. The van der Waals surface area contributed by atoms with Gasteiger partial charge in [-0.2, -0.15) is 0 Å². The Labute approximate surface area is 142 Å². The molecule has 0 bridgehead atoms. The Kier molecular flexibility index (Phi) is 4.36. The van der Waals surface area contributed by atoms with Gasteiger partial charge in [0.05, 0.1) is 16.9 Å². The van der Waals surface area contributed by atoms with Crippen molar-refractivity contribution < 1.29 is 18.4 Å². The van der Waals surface area contributed by atoms with Gasteiger partial charge in [-0.1, -0.05) is 12.1 Å². The van der Waals surface area contributed by atoms with Crippen molar-refractivity contribution in [2.45, 2.75) is 45.5 Å². The van der Waals surface area contributed by atoms with Crippen LogP contribution in [0.2, 0.25) is 0 Å². The second-order valence-electron chi connectivity index (χ2n) is 6.91. The van der Waals surface area contributed by atoms with Crippen molar-refractivity contribution in [1.29, 1.82) is 0 Å². The normalized spacial score (nSPS) is 18.6. The smallest absolute Gasteiger partial charge is 0.487 e. The molecule has 0 unspecified atom stereocenters. The number of nitrogens with zero attached hydrogens (tertiary/aromatic N) is 1. The summed E-state index contributed by atoms with van der Waals surface area (Å²) in [5, 5.41) is 0. The Morgan fingerprint density at radius 1 is 1.04 bits per heavy atom. The van der Waals surface area contributed by atoms with Gasteiger partial charge in [-0.05, 0) is 57.4 Å². The number of benzene rings is 1. The van der Waals surface area contributed by atoms with Crippen molar-refractivity contribution in [3.8, 4) is 5.75 Å². The molecule has 1 saturated heterocycles. The fraction of sp³-hybridized carbons (Fsp3) is 0.389. The van der Waals surface area contributed by atoms with Gasteiger partial charge in [0.2, 0.25) is 0 Å². The van der Waals surface area contributed by atoms with Gasteiger partial charge < -0.3 is 14.0 Å². The van der Waals surface area contributed by atoms with Gasteiger partial charge in [-0.15, -0.1) is 0 Å². The van der Waals surface area contributed by atoms with Crippen LogP contribution in [0.4, 0.5) is 4.39 Å². The minimum absolute atomic E-state index is 0.216.